The second kappa shape index (κ2) is 5.31. The molecule has 0 bridgehead atoms. The minimum atomic E-state index is -0.752. The average Bonchev–Trinajstić information content (AvgIpc) is 2.61. The Kier molecular flexibility index (Phi) is 3.92. The van der Waals surface area contributed by atoms with Crippen LogP contribution < -0.4 is 0 Å². The van der Waals surface area contributed by atoms with Gasteiger partial charge in [-0.3, -0.25) is 0 Å². The predicted molar refractivity (Wildman–Crippen MR) is 71.3 cm³/mol. The van der Waals surface area contributed by atoms with Gasteiger partial charge in [-0.05, 0) is 37.0 Å². The minimum absolute atomic E-state index is 0.100. The molecule has 0 amide bonds. The van der Waals surface area contributed by atoms with Gasteiger partial charge in [-0.2, -0.15) is 0 Å². The van der Waals surface area contributed by atoms with Crippen molar-refractivity contribution in [3.8, 4) is 0 Å². The molecule has 0 radical (unpaired) electrons. The summed E-state index contributed by atoms with van der Waals surface area (Å²) in [6.07, 6.45) is 1.43. The van der Waals surface area contributed by atoms with Gasteiger partial charge in [0.15, 0.2) is 0 Å². The zero-order chi connectivity index (χ0) is 14.2. The second-order valence-corrected chi connectivity index (χ2v) is 5.38. The van der Waals surface area contributed by atoms with Crippen molar-refractivity contribution in [2.24, 2.45) is 5.92 Å². The fourth-order valence-electron chi connectivity index (χ4n) is 2.56. The lowest BCUT2D eigenvalue weighted by molar-refractivity contribution is -0.137. The van der Waals surface area contributed by atoms with Crippen LogP contribution in [0.25, 0.3) is 0 Å². The Morgan fingerprint density at radius 1 is 1.32 bits per heavy atom. The number of aliphatic hydroxyl groups is 2. The van der Waals surface area contributed by atoms with Crippen molar-refractivity contribution in [2.45, 2.75) is 44.5 Å². The van der Waals surface area contributed by atoms with Gasteiger partial charge in [0.25, 0.3) is 0 Å². The van der Waals surface area contributed by atoms with Gasteiger partial charge in [-0.25, -0.2) is 4.79 Å². The summed E-state index contributed by atoms with van der Waals surface area (Å²) in [6, 6.07) is 0. The third-order valence-corrected chi connectivity index (χ3v) is 4.00. The maximum absolute atomic E-state index is 11.6. The highest BCUT2D eigenvalue weighted by molar-refractivity contribution is 5.91. The Morgan fingerprint density at radius 3 is 2.68 bits per heavy atom. The van der Waals surface area contributed by atoms with E-state index in [1.54, 1.807) is 13.0 Å². The van der Waals surface area contributed by atoms with E-state index in [2.05, 4.69) is 13.2 Å². The van der Waals surface area contributed by atoms with Gasteiger partial charge in [0, 0.05) is 17.9 Å². The summed E-state index contributed by atoms with van der Waals surface area (Å²) in [4.78, 5) is 11.6. The summed E-state index contributed by atoms with van der Waals surface area (Å²) in [5.41, 5.74) is 1.84. The summed E-state index contributed by atoms with van der Waals surface area (Å²) < 4.78 is 5.27. The van der Waals surface area contributed by atoms with Gasteiger partial charge in [0.1, 0.15) is 6.10 Å². The summed E-state index contributed by atoms with van der Waals surface area (Å²) in [5.74, 6) is -0.476. The van der Waals surface area contributed by atoms with Crippen LogP contribution in [-0.4, -0.2) is 34.5 Å². The number of rotatable bonds is 0. The molecular formula is C15H20O4. The molecule has 0 aromatic heterocycles. The molecule has 2 aliphatic rings. The first-order chi connectivity index (χ1) is 8.90. The molecule has 0 aromatic carbocycles. The standard InChI is InChI=1S/C15H20O4/c1-8-4-5-11-10(3)15(18)19-14(11)6-9(2)13(17)7-12(8)16/h6,11-14,16-17H,1,3-5,7H2,2H3/b9-6+/t11-,12+,13-,14+/m0/s1. The molecule has 0 spiro atoms. The molecular weight excluding hydrogens is 244 g/mol. The highest BCUT2D eigenvalue weighted by Gasteiger charge is 2.38. The Labute approximate surface area is 113 Å². The Hall–Kier alpha value is -1.39. The molecule has 19 heavy (non-hydrogen) atoms. The number of fused-ring (bicyclic) bond motifs is 1. The number of ether oxygens (including phenoxy) is 1. The van der Waals surface area contributed by atoms with E-state index >= 15 is 0 Å². The van der Waals surface area contributed by atoms with Crippen molar-refractivity contribution < 1.29 is 19.7 Å². The fraction of sp³-hybridized carbons (Fsp3) is 0.533. The zero-order valence-corrected chi connectivity index (χ0v) is 11.1. The highest BCUT2D eigenvalue weighted by atomic mass is 16.5. The van der Waals surface area contributed by atoms with Gasteiger partial charge in [0.2, 0.25) is 0 Å². The van der Waals surface area contributed by atoms with Crippen LogP contribution in [0.1, 0.15) is 26.2 Å². The van der Waals surface area contributed by atoms with Crippen LogP contribution in [0.3, 0.4) is 0 Å². The van der Waals surface area contributed by atoms with Crippen LogP contribution in [0, 0.1) is 5.92 Å². The number of esters is 1. The van der Waals surface area contributed by atoms with Gasteiger partial charge >= 0.3 is 5.97 Å². The lowest BCUT2D eigenvalue weighted by Gasteiger charge is -2.24. The van der Waals surface area contributed by atoms with Crippen LogP contribution in [0.2, 0.25) is 0 Å². The van der Waals surface area contributed by atoms with E-state index in [1.807, 2.05) is 0 Å². The van der Waals surface area contributed by atoms with E-state index in [1.165, 1.54) is 0 Å². The van der Waals surface area contributed by atoms with Crippen molar-refractivity contribution in [3.05, 3.63) is 36.0 Å². The van der Waals surface area contributed by atoms with Crippen molar-refractivity contribution in [1.29, 1.82) is 0 Å². The van der Waals surface area contributed by atoms with E-state index in [0.29, 0.717) is 29.6 Å². The molecule has 104 valence electrons. The SMILES string of the molecule is C=C1CC[C@H]2C(=C)C(=O)O[C@@H]2/C=C(\C)[C@@H](O)C[C@H]1O. The Morgan fingerprint density at radius 2 is 2.00 bits per heavy atom. The fourth-order valence-corrected chi connectivity index (χ4v) is 2.56. The van der Waals surface area contributed by atoms with Gasteiger partial charge in [-0.1, -0.05) is 13.2 Å². The number of carbonyl (C=O) groups is 1. The lowest BCUT2D eigenvalue weighted by Crippen LogP contribution is -2.25. The minimum Gasteiger partial charge on any atom is -0.454 e. The molecule has 0 saturated carbocycles. The molecule has 2 rings (SSSR count). The normalized spacial score (nSPS) is 39.3. The molecule has 1 aliphatic heterocycles. The Bertz CT molecular complexity index is 449. The summed E-state index contributed by atoms with van der Waals surface area (Å²) in [7, 11) is 0. The third kappa shape index (κ3) is 2.80. The van der Waals surface area contributed by atoms with E-state index in [0.717, 1.165) is 0 Å². The van der Waals surface area contributed by atoms with Gasteiger partial charge in [0.05, 0.1) is 12.2 Å². The van der Waals surface area contributed by atoms with Crippen molar-refractivity contribution in [3.63, 3.8) is 0 Å². The highest BCUT2D eigenvalue weighted by Crippen LogP contribution is 2.34. The van der Waals surface area contributed by atoms with Crippen LogP contribution in [-0.2, 0) is 9.53 Å². The van der Waals surface area contributed by atoms with Crippen molar-refractivity contribution in [1.82, 2.24) is 0 Å². The molecule has 1 saturated heterocycles. The third-order valence-electron chi connectivity index (χ3n) is 4.00. The molecule has 0 aromatic rings. The first kappa shape index (κ1) is 14.0. The lowest BCUT2D eigenvalue weighted by atomic mass is 9.85. The predicted octanol–water partition coefficient (Wildman–Crippen LogP) is 1.49. The molecule has 4 atom stereocenters. The smallest absolute Gasteiger partial charge is 0.334 e. The summed E-state index contributed by atoms with van der Waals surface area (Å²) in [6.45, 7) is 9.40. The van der Waals surface area contributed by atoms with Crippen LogP contribution in [0.5, 0.6) is 0 Å². The first-order valence-electron chi connectivity index (χ1n) is 6.52. The number of carbonyl (C=O) groups excluding carboxylic acids is 1. The van der Waals surface area contributed by atoms with Crippen LogP contribution in [0.15, 0.2) is 36.0 Å². The first-order valence-corrected chi connectivity index (χ1v) is 6.52. The maximum atomic E-state index is 11.6. The number of aliphatic hydroxyl groups excluding tert-OH is 2. The maximum Gasteiger partial charge on any atom is 0.334 e. The van der Waals surface area contributed by atoms with Crippen molar-refractivity contribution >= 4 is 5.97 Å². The largest absolute Gasteiger partial charge is 0.454 e. The molecule has 2 N–H and O–H groups in total. The zero-order valence-electron chi connectivity index (χ0n) is 11.1. The molecule has 1 aliphatic carbocycles. The molecule has 4 nitrogen and oxygen atoms in total. The average molecular weight is 264 g/mol. The molecule has 4 heteroatoms. The van der Waals surface area contributed by atoms with E-state index in [4.69, 9.17) is 4.74 Å². The van der Waals surface area contributed by atoms with E-state index in [9.17, 15) is 15.0 Å². The van der Waals surface area contributed by atoms with Crippen LogP contribution in [0.4, 0.5) is 0 Å². The van der Waals surface area contributed by atoms with Crippen molar-refractivity contribution in [2.75, 3.05) is 0 Å². The van der Waals surface area contributed by atoms with Crippen LogP contribution >= 0.6 is 0 Å². The topological polar surface area (TPSA) is 66.8 Å². The Balaban J connectivity index is 2.30. The number of hydrogen-bond donors (Lipinski definition) is 2. The molecule has 0 unspecified atom stereocenters. The van der Waals surface area contributed by atoms with Gasteiger partial charge in [-0.15, -0.1) is 0 Å². The molecule has 1 fully saturated rings. The molecule has 1 heterocycles. The van der Waals surface area contributed by atoms with Gasteiger partial charge < -0.3 is 14.9 Å². The monoisotopic (exact) mass is 264 g/mol. The quantitative estimate of drug-likeness (QED) is 0.395. The van der Waals surface area contributed by atoms with E-state index < -0.39 is 12.2 Å². The van der Waals surface area contributed by atoms with E-state index in [-0.39, 0.29) is 24.4 Å². The summed E-state index contributed by atoms with van der Waals surface area (Å²) >= 11 is 0. The second-order valence-electron chi connectivity index (χ2n) is 5.38. The number of hydrogen-bond acceptors (Lipinski definition) is 4. The summed E-state index contributed by atoms with van der Waals surface area (Å²) in [5, 5.41) is 19.9.